The van der Waals surface area contributed by atoms with Gasteiger partial charge in [-0.25, -0.2) is 0 Å². The molecule has 2 nitrogen and oxygen atoms in total. The molecule has 0 saturated heterocycles. The number of anilines is 2. The molecule has 2 rings (SSSR count). The summed E-state index contributed by atoms with van der Waals surface area (Å²) in [7, 11) is 0. The number of hydrogen-bond donors (Lipinski definition) is 2. The van der Waals surface area contributed by atoms with E-state index in [0.29, 0.717) is 12.2 Å². The molecular weight excluding hydrogens is 253 g/mol. The summed E-state index contributed by atoms with van der Waals surface area (Å²) in [6, 6.07) is 13.3. The van der Waals surface area contributed by atoms with Crippen LogP contribution in [0.25, 0.3) is 0 Å². The highest BCUT2D eigenvalue weighted by molar-refractivity contribution is 5.58. The van der Waals surface area contributed by atoms with Crippen LogP contribution in [-0.4, -0.2) is 0 Å². The highest BCUT2D eigenvalue weighted by Gasteiger charge is 2.33. The first-order valence-corrected chi connectivity index (χ1v) is 5.71. The van der Waals surface area contributed by atoms with E-state index in [0.717, 1.165) is 11.6 Å². The van der Waals surface area contributed by atoms with Crippen LogP contribution in [0.15, 0.2) is 48.5 Å². The highest BCUT2D eigenvalue weighted by Crippen LogP contribution is 2.35. The Kier molecular flexibility index (Phi) is 3.64. The van der Waals surface area contributed by atoms with Gasteiger partial charge in [0.2, 0.25) is 0 Å². The molecule has 0 spiro atoms. The van der Waals surface area contributed by atoms with E-state index >= 15 is 0 Å². The first kappa shape index (κ1) is 13.3. The van der Waals surface area contributed by atoms with Gasteiger partial charge in [-0.1, -0.05) is 30.3 Å². The zero-order valence-electron chi connectivity index (χ0n) is 10.0. The minimum atomic E-state index is -4.44. The SMILES string of the molecule is Nc1ccc(NCc2ccccc2)cc1C(F)(F)F. The van der Waals surface area contributed by atoms with Crippen LogP contribution >= 0.6 is 0 Å². The summed E-state index contributed by atoms with van der Waals surface area (Å²) in [6.07, 6.45) is -4.44. The molecule has 0 unspecified atom stereocenters. The predicted octanol–water partition coefficient (Wildman–Crippen LogP) is 3.90. The van der Waals surface area contributed by atoms with Crippen molar-refractivity contribution in [2.75, 3.05) is 11.1 Å². The number of halogens is 3. The van der Waals surface area contributed by atoms with E-state index in [4.69, 9.17) is 5.73 Å². The highest BCUT2D eigenvalue weighted by atomic mass is 19.4. The van der Waals surface area contributed by atoms with Gasteiger partial charge in [-0.3, -0.25) is 0 Å². The van der Waals surface area contributed by atoms with Crippen molar-refractivity contribution in [2.45, 2.75) is 12.7 Å². The fourth-order valence-corrected chi connectivity index (χ4v) is 1.71. The number of benzene rings is 2. The van der Waals surface area contributed by atoms with E-state index in [2.05, 4.69) is 5.32 Å². The molecule has 0 atom stereocenters. The second-order valence-corrected chi connectivity index (χ2v) is 4.14. The molecule has 0 bridgehead atoms. The molecule has 100 valence electrons. The monoisotopic (exact) mass is 266 g/mol. The third-order valence-corrected chi connectivity index (χ3v) is 2.70. The summed E-state index contributed by atoms with van der Waals surface area (Å²) in [5.41, 5.74) is 5.64. The van der Waals surface area contributed by atoms with Crippen LogP contribution in [0.3, 0.4) is 0 Å². The Bertz CT molecular complexity index is 550. The summed E-state index contributed by atoms with van der Waals surface area (Å²) >= 11 is 0. The van der Waals surface area contributed by atoms with Crippen LogP contribution in [0, 0.1) is 0 Å². The second kappa shape index (κ2) is 5.22. The molecule has 0 amide bonds. The molecular formula is C14H13F3N2. The van der Waals surface area contributed by atoms with Gasteiger partial charge in [0.1, 0.15) is 0 Å². The van der Waals surface area contributed by atoms with Gasteiger partial charge >= 0.3 is 6.18 Å². The zero-order valence-corrected chi connectivity index (χ0v) is 10.0. The molecule has 5 heteroatoms. The van der Waals surface area contributed by atoms with Gasteiger partial charge in [-0.2, -0.15) is 13.2 Å². The Balaban J connectivity index is 2.14. The van der Waals surface area contributed by atoms with Crippen molar-refractivity contribution in [3.63, 3.8) is 0 Å². The lowest BCUT2D eigenvalue weighted by molar-refractivity contribution is -0.136. The largest absolute Gasteiger partial charge is 0.418 e. The molecule has 0 aromatic heterocycles. The van der Waals surface area contributed by atoms with Gasteiger partial charge in [-0.15, -0.1) is 0 Å². The van der Waals surface area contributed by atoms with E-state index in [1.807, 2.05) is 30.3 Å². The maximum absolute atomic E-state index is 12.7. The summed E-state index contributed by atoms with van der Waals surface area (Å²) < 4.78 is 38.1. The van der Waals surface area contributed by atoms with E-state index in [1.165, 1.54) is 12.1 Å². The first-order valence-electron chi connectivity index (χ1n) is 5.71. The number of rotatable bonds is 3. The maximum atomic E-state index is 12.7. The topological polar surface area (TPSA) is 38.0 Å². The second-order valence-electron chi connectivity index (χ2n) is 4.14. The van der Waals surface area contributed by atoms with Gasteiger partial charge in [-0.05, 0) is 23.8 Å². The third-order valence-electron chi connectivity index (χ3n) is 2.70. The summed E-state index contributed by atoms with van der Waals surface area (Å²) in [5.74, 6) is 0. The Morgan fingerprint density at radius 1 is 1.00 bits per heavy atom. The predicted molar refractivity (Wildman–Crippen MR) is 69.6 cm³/mol. The molecule has 2 aromatic carbocycles. The lowest BCUT2D eigenvalue weighted by Gasteiger charge is -2.13. The third kappa shape index (κ3) is 3.40. The van der Waals surface area contributed by atoms with Crippen LogP contribution in [0.5, 0.6) is 0 Å². The van der Waals surface area contributed by atoms with Crippen LogP contribution in [-0.2, 0) is 12.7 Å². The molecule has 0 fully saturated rings. The van der Waals surface area contributed by atoms with E-state index < -0.39 is 11.7 Å². The first-order chi connectivity index (χ1) is 8.97. The van der Waals surface area contributed by atoms with Crippen LogP contribution in [0.2, 0.25) is 0 Å². The van der Waals surface area contributed by atoms with Crippen molar-refractivity contribution < 1.29 is 13.2 Å². The van der Waals surface area contributed by atoms with Crippen molar-refractivity contribution in [2.24, 2.45) is 0 Å². The van der Waals surface area contributed by atoms with Gasteiger partial charge < -0.3 is 11.1 Å². The molecule has 3 N–H and O–H groups in total. The average Bonchev–Trinajstić information content (AvgIpc) is 2.37. The van der Waals surface area contributed by atoms with Crippen molar-refractivity contribution in [1.82, 2.24) is 0 Å². The Hall–Kier alpha value is -2.17. The van der Waals surface area contributed by atoms with Crippen LogP contribution in [0.4, 0.5) is 24.5 Å². The summed E-state index contributed by atoms with van der Waals surface area (Å²) in [5, 5.41) is 2.95. The Morgan fingerprint density at radius 2 is 1.68 bits per heavy atom. The van der Waals surface area contributed by atoms with E-state index in [1.54, 1.807) is 0 Å². The average molecular weight is 266 g/mol. The molecule has 0 aliphatic rings. The number of nitrogens with one attached hydrogen (secondary N) is 1. The fourth-order valence-electron chi connectivity index (χ4n) is 1.71. The van der Waals surface area contributed by atoms with Gasteiger partial charge in [0.25, 0.3) is 0 Å². The zero-order chi connectivity index (χ0) is 13.9. The number of nitrogens with two attached hydrogens (primary N) is 1. The minimum absolute atomic E-state index is 0.266. The normalized spacial score (nSPS) is 11.3. The van der Waals surface area contributed by atoms with Crippen molar-refractivity contribution in [3.05, 3.63) is 59.7 Å². The molecule has 0 heterocycles. The lowest BCUT2D eigenvalue weighted by atomic mass is 10.1. The molecule has 0 radical (unpaired) electrons. The lowest BCUT2D eigenvalue weighted by Crippen LogP contribution is -2.10. The Morgan fingerprint density at radius 3 is 2.32 bits per heavy atom. The quantitative estimate of drug-likeness (QED) is 0.827. The van der Waals surface area contributed by atoms with E-state index in [9.17, 15) is 13.2 Å². The summed E-state index contributed by atoms with van der Waals surface area (Å²) in [4.78, 5) is 0. The maximum Gasteiger partial charge on any atom is 0.418 e. The van der Waals surface area contributed by atoms with Gasteiger partial charge in [0.15, 0.2) is 0 Å². The molecule has 19 heavy (non-hydrogen) atoms. The van der Waals surface area contributed by atoms with Crippen LogP contribution < -0.4 is 11.1 Å². The molecule has 0 saturated carbocycles. The standard InChI is InChI=1S/C14H13F3N2/c15-14(16,17)12-8-11(6-7-13(12)18)19-9-10-4-2-1-3-5-10/h1-8,19H,9,18H2. The molecule has 0 aliphatic heterocycles. The smallest absolute Gasteiger partial charge is 0.398 e. The van der Waals surface area contributed by atoms with Crippen molar-refractivity contribution in [1.29, 1.82) is 0 Å². The Labute approximate surface area is 109 Å². The van der Waals surface area contributed by atoms with Gasteiger partial charge in [0.05, 0.1) is 5.56 Å². The molecule has 0 aliphatic carbocycles. The van der Waals surface area contributed by atoms with Crippen LogP contribution in [0.1, 0.15) is 11.1 Å². The summed E-state index contributed by atoms with van der Waals surface area (Å²) in [6.45, 7) is 0.460. The van der Waals surface area contributed by atoms with Gasteiger partial charge in [0, 0.05) is 17.9 Å². The number of nitrogen functional groups attached to an aromatic ring is 1. The van der Waals surface area contributed by atoms with Crippen molar-refractivity contribution >= 4 is 11.4 Å². The van der Waals surface area contributed by atoms with E-state index in [-0.39, 0.29) is 5.69 Å². The number of alkyl halides is 3. The van der Waals surface area contributed by atoms with Crippen molar-refractivity contribution in [3.8, 4) is 0 Å². The fraction of sp³-hybridized carbons (Fsp3) is 0.143. The molecule has 2 aromatic rings. The number of hydrogen-bond acceptors (Lipinski definition) is 2. The minimum Gasteiger partial charge on any atom is -0.398 e.